The van der Waals surface area contributed by atoms with Gasteiger partial charge in [-0.25, -0.2) is 13.6 Å². The van der Waals surface area contributed by atoms with Crippen molar-refractivity contribution >= 4 is 34.0 Å². The lowest BCUT2D eigenvalue weighted by molar-refractivity contribution is 0.0938. The lowest BCUT2D eigenvalue weighted by Gasteiger charge is -2.23. The third-order valence-electron chi connectivity index (χ3n) is 4.29. The van der Waals surface area contributed by atoms with Crippen LogP contribution in [0, 0.1) is 0 Å². The predicted molar refractivity (Wildman–Crippen MR) is 98.6 cm³/mol. The Kier molecular flexibility index (Phi) is 7.48. The van der Waals surface area contributed by atoms with Crippen molar-refractivity contribution in [2.75, 3.05) is 32.5 Å². The summed E-state index contributed by atoms with van der Waals surface area (Å²) in [6.07, 6.45) is 2.13. The minimum Gasteiger partial charge on any atom is -0.496 e. The van der Waals surface area contributed by atoms with Gasteiger partial charge in [-0.3, -0.25) is 9.69 Å². The Balaban J connectivity index is 0.00000312. The number of nitrogen functional groups attached to an aromatic ring is 1. The van der Waals surface area contributed by atoms with E-state index in [1.165, 1.54) is 13.2 Å². The number of carbonyl (C=O) groups is 1. The molecule has 1 heterocycles. The van der Waals surface area contributed by atoms with Crippen molar-refractivity contribution < 1.29 is 17.9 Å². The van der Waals surface area contributed by atoms with Gasteiger partial charge in [0.15, 0.2) is 0 Å². The molecule has 1 atom stereocenters. The number of amides is 1. The van der Waals surface area contributed by atoms with E-state index >= 15 is 0 Å². The van der Waals surface area contributed by atoms with E-state index in [0.29, 0.717) is 6.54 Å². The van der Waals surface area contributed by atoms with Gasteiger partial charge in [0.2, 0.25) is 10.0 Å². The molecule has 1 saturated heterocycles. The monoisotopic (exact) mass is 392 g/mol. The molecule has 0 saturated carbocycles. The average Bonchev–Trinajstić information content (AvgIpc) is 2.98. The Morgan fingerprint density at radius 3 is 2.68 bits per heavy atom. The molecule has 1 aliphatic rings. The smallest absolute Gasteiger partial charge is 0.255 e. The van der Waals surface area contributed by atoms with Gasteiger partial charge >= 0.3 is 0 Å². The Morgan fingerprint density at radius 2 is 2.12 bits per heavy atom. The summed E-state index contributed by atoms with van der Waals surface area (Å²) in [7, 11) is -2.64. The van der Waals surface area contributed by atoms with Crippen molar-refractivity contribution in [1.82, 2.24) is 10.2 Å². The molecule has 0 aliphatic carbocycles. The van der Waals surface area contributed by atoms with Crippen molar-refractivity contribution in [3.05, 3.63) is 17.7 Å². The molecule has 25 heavy (non-hydrogen) atoms. The second kappa shape index (κ2) is 8.70. The number of hydrogen-bond acceptors (Lipinski definition) is 6. The van der Waals surface area contributed by atoms with Crippen molar-refractivity contribution in [2.24, 2.45) is 5.14 Å². The third-order valence-corrected chi connectivity index (χ3v) is 5.25. The number of nitrogens with two attached hydrogens (primary N) is 2. The van der Waals surface area contributed by atoms with E-state index in [1.807, 2.05) is 0 Å². The predicted octanol–water partition coefficient (Wildman–Crippen LogP) is 0.561. The molecular formula is C15H25ClN4O4S. The number of ether oxygens (including phenoxy) is 1. The summed E-state index contributed by atoms with van der Waals surface area (Å²) >= 11 is 0. The number of hydrogen-bond donors (Lipinski definition) is 3. The van der Waals surface area contributed by atoms with Crippen LogP contribution in [0.15, 0.2) is 17.0 Å². The topological polar surface area (TPSA) is 128 Å². The molecule has 0 spiro atoms. The number of nitrogens with one attached hydrogen (secondary N) is 1. The molecule has 10 heteroatoms. The zero-order valence-corrected chi connectivity index (χ0v) is 16.0. The maximum absolute atomic E-state index is 12.5. The average molecular weight is 393 g/mol. The molecule has 1 amide bonds. The molecule has 1 unspecified atom stereocenters. The van der Waals surface area contributed by atoms with Gasteiger partial charge in [0.25, 0.3) is 5.91 Å². The van der Waals surface area contributed by atoms with E-state index < -0.39 is 15.9 Å². The van der Waals surface area contributed by atoms with Crippen LogP contribution in [0.2, 0.25) is 0 Å². The van der Waals surface area contributed by atoms with Crippen LogP contribution in [0.5, 0.6) is 5.75 Å². The van der Waals surface area contributed by atoms with Crippen LogP contribution in [-0.2, 0) is 10.0 Å². The Morgan fingerprint density at radius 1 is 1.44 bits per heavy atom. The van der Waals surface area contributed by atoms with E-state index in [-0.39, 0.29) is 40.3 Å². The first-order valence-electron chi connectivity index (χ1n) is 7.80. The van der Waals surface area contributed by atoms with Crippen molar-refractivity contribution in [3.8, 4) is 5.75 Å². The summed E-state index contributed by atoms with van der Waals surface area (Å²) in [5, 5.41) is 7.98. The molecule has 8 nitrogen and oxygen atoms in total. The highest BCUT2D eigenvalue weighted by molar-refractivity contribution is 7.89. The molecule has 2 rings (SSSR count). The number of primary sulfonamides is 1. The first-order valence-corrected chi connectivity index (χ1v) is 9.35. The van der Waals surface area contributed by atoms with Crippen LogP contribution in [-0.4, -0.2) is 52.0 Å². The van der Waals surface area contributed by atoms with Crippen molar-refractivity contribution in [3.63, 3.8) is 0 Å². The van der Waals surface area contributed by atoms with Crippen LogP contribution < -0.4 is 20.9 Å². The Bertz CT molecular complexity index is 726. The number of likely N-dealkylation sites (tertiary alicyclic amines) is 1. The molecule has 1 aliphatic heterocycles. The maximum atomic E-state index is 12.5. The van der Waals surface area contributed by atoms with Gasteiger partial charge in [0.05, 0.1) is 18.4 Å². The number of halogens is 1. The van der Waals surface area contributed by atoms with Crippen molar-refractivity contribution in [2.45, 2.75) is 30.7 Å². The summed E-state index contributed by atoms with van der Waals surface area (Å²) in [5.41, 5.74) is 5.72. The molecule has 142 valence electrons. The second-order valence-electron chi connectivity index (χ2n) is 5.77. The van der Waals surface area contributed by atoms with Gasteiger partial charge in [-0.05, 0) is 32.0 Å². The fraction of sp³-hybridized carbons (Fsp3) is 0.533. The van der Waals surface area contributed by atoms with Crippen LogP contribution in [0.3, 0.4) is 0 Å². The number of rotatable bonds is 6. The van der Waals surface area contributed by atoms with Gasteiger partial charge in [-0.1, -0.05) is 6.92 Å². The molecule has 5 N–H and O–H groups in total. The van der Waals surface area contributed by atoms with Crippen LogP contribution in [0.4, 0.5) is 5.69 Å². The first kappa shape index (κ1) is 21.5. The van der Waals surface area contributed by atoms with Gasteiger partial charge in [-0.15, -0.1) is 12.4 Å². The van der Waals surface area contributed by atoms with E-state index in [4.69, 9.17) is 15.6 Å². The molecular weight excluding hydrogens is 368 g/mol. The summed E-state index contributed by atoms with van der Waals surface area (Å²) in [6, 6.07) is 2.74. The normalized spacial score (nSPS) is 17.8. The molecule has 1 aromatic carbocycles. The third kappa shape index (κ3) is 4.97. The minimum absolute atomic E-state index is 0. The standard InChI is InChI=1S/C15H24N4O4S.ClH/c1-3-19-6-4-5-10(19)9-18-15(20)11-7-14(24(17,21)22)12(16)8-13(11)23-2;/h7-8,10H,3-6,9,16H2,1-2H3,(H,18,20)(H2,17,21,22);1H. The van der Waals surface area contributed by atoms with Gasteiger partial charge < -0.3 is 15.8 Å². The highest BCUT2D eigenvalue weighted by atomic mass is 35.5. The Hall–Kier alpha value is -1.55. The largest absolute Gasteiger partial charge is 0.496 e. The summed E-state index contributed by atoms with van der Waals surface area (Å²) in [4.78, 5) is 14.5. The lowest BCUT2D eigenvalue weighted by Crippen LogP contribution is -2.40. The quantitative estimate of drug-likeness (QED) is 0.607. The number of methoxy groups -OCH3 is 1. The molecule has 0 radical (unpaired) electrons. The van der Waals surface area contributed by atoms with E-state index in [0.717, 1.165) is 32.0 Å². The van der Waals surface area contributed by atoms with Crippen LogP contribution >= 0.6 is 12.4 Å². The molecule has 0 aromatic heterocycles. The fourth-order valence-electron chi connectivity index (χ4n) is 3.02. The summed E-state index contributed by atoms with van der Waals surface area (Å²) < 4.78 is 28.3. The number of likely N-dealkylation sites (N-methyl/N-ethyl adjacent to an activating group) is 1. The zero-order valence-electron chi connectivity index (χ0n) is 14.3. The van der Waals surface area contributed by atoms with Crippen LogP contribution in [0.1, 0.15) is 30.1 Å². The van der Waals surface area contributed by atoms with Gasteiger partial charge in [0, 0.05) is 18.7 Å². The summed E-state index contributed by atoms with van der Waals surface area (Å²) in [6.45, 7) is 4.53. The highest BCUT2D eigenvalue weighted by Gasteiger charge is 2.25. The molecule has 0 bridgehead atoms. The van der Waals surface area contributed by atoms with E-state index in [1.54, 1.807) is 0 Å². The Labute approximate surface area is 154 Å². The minimum atomic E-state index is -4.03. The van der Waals surface area contributed by atoms with Gasteiger partial charge in [-0.2, -0.15) is 0 Å². The van der Waals surface area contributed by atoms with E-state index in [9.17, 15) is 13.2 Å². The fourth-order valence-corrected chi connectivity index (χ4v) is 3.69. The van der Waals surface area contributed by atoms with Gasteiger partial charge in [0.1, 0.15) is 10.6 Å². The van der Waals surface area contributed by atoms with Crippen molar-refractivity contribution in [1.29, 1.82) is 0 Å². The number of anilines is 1. The number of sulfonamides is 1. The maximum Gasteiger partial charge on any atom is 0.255 e. The molecule has 1 aromatic rings. The molecule has 1 fully saturated rings. The SMILES string of the molecule is CCN1CCCC1CNC(=O)c1cc(S(N)(=O)=O)c(N)cc1OC.Cl. The van der Waals surface area contributed by atoms with E-state index in [2.05, 4.69) is 17.1 Å². The first-order chi connectivity index (χ1) is 11.3. The second-order valence-corrected chi connectivity index (χ2v) is 7.30. The number of nitrogens with zero attached hydrogens (tertiary/aromatic N) is 1. The lowest BCUT2D eigenvalue weighted by atomic mass is 10.1. The highest BCUT2D eigenvalue weighted by Crippen LogP contribution is 2.28. The summed E-state index contributed by atoms with van der Waals surface area (Å²) in [5.74, 6) is -0.212. The zero-order chi connectivity index (χ0) is 17.9. The number of benzene rings is 1. The van der Waals surface area contributed by atoms with Crippen LogP contribution in [0.25, 0.3) is 0 Å². The number of carbonyl (C=O) groups excluding carboxylic acids is 1.